The molecule has 0 radical (unpaired) electrons. The normalized spacial score (nSPS) is 33.3. The highest BCUT2D eigenvalue weighted by Gasteiger charge is 2.67. The van der Waals surface area contributed by atoms with Crippen molar-refractivity contribution in [2.75, 3.05) is 0 Å². The van der Waals surface area contributed by atoms with Gasteiger partial charge in [-0.25, -0.2) is 6.57 Å². The van der Waals surface area contributed by atoms with E-state index in [1.807, 2.05) is 54.6 Å². The van der Waals surface area contributed by atoms with E-state index in [4.69, 9.17) is 11.3 Å². The van der Waals surface area contributed by atoms with Crippen molar-refractivity contribution >= 4 is 34.9 Å². The van der Waals surface area contributed by atoms with Gasteiger partial charge in [0.1, 0.15) is 22.0 Å². The van der Waals surface area contributed by atoms with Crippen LogP contribution in [0.1, 0.15) is 106 Å². The number of carbonyl (C=O) groups is 2. The molecular formula is C48H59NO3P+. The number of ether oxygens (including phenoxy) is 1. The molecule has 0 aromatic heterocycles. The molecule has 0 amide bonds. The van der Waals surface area contributed by atoms with E-state index in [0.717, 1.165) is 48.0 Å². The average molecular weight is 729 g/mol. The molecule has 0 bridgehead atoms. The van der Waals surface area contributed by atoms with E-state index in [-0.39, 0.29) is 39.5 Å². The number of rotatable bonds is 8. The van der Waals surface area contributed by atoms with Crippen molar-refractivity contribution in [3.05, 3.63) is 114 Å². The van der Waals surface area contributed by atoms with Gasteiger partial charge in [0.2, 0.25) is 7.26 Å². The monoisotopic (exact) mass is 728 g/mol. The van der Waals surface area contributed by atoms with Gasteiger partial charge >= 0.3 is 11.8 Å². The van der Waals surface area contributed by atoms with Gasteiger partial charge in [0.05, 0.1) is 0 Å². The Morgan fingerprint density at radius 2 is 1.30 bits per heavy atom. The van der Waals surface area contributed by atoms with Gasteiger partial charge in [0.15, 0.2) is 0 Å². The number of nitrogens with zero attached hydrogens (tertiary/aromatic N) is 1. The Bertz CT molecular complexity index is 1820. The number of Topliss-reactive ketones (excluding diaryl/α,β-unsaturated/α-hetero) is 1. The number of esters is 1. The lowest BCUT2D eigenvalue weighted by molar-refractivity contribution is -0.203. The molecule has 4 unspecified atom stereocenters. The lowest BCUT2D eigenvalue weighted by Crippen LogP contribution is -2.61. The van der Waals surface area contributed by atoms with Crippen molar-refractivity contribution in [3.8, 4) is 0 Å². The zero-order valence-electron chi connectivity index (χ0n) is 33.0. The maximum Gasteiger partial charge on any atom is 0.388 e. The Morgan fingerprint density at radius 1 is 0.755 bits per heavy atom. The summed E-state index contributed by atoms with van der Waals surface area (Å²) < 4.78 is 5.95. The van der Waals surface area contributed by atoms with E-state index in [9.17, 15) is 9.59 Å². The van der Waals surface area contributed by atoms with Gasteiger partial charge in [-0.1, -0.05) is 100 Å². The minimum atomic E-state index is -2.68. The molecule has 53 heavy (non-hydrogen) atoms. The van der Waals surface area contributed by atoms with Crippen molar-refractivity contribution in [2.45, 2.75) is 118 Å². The summed E-state index contributed by atoms with van der Waals surface area (Å²) in [6.45, 7) is 24.9. The first kappa shape index (κ1) is 37.8. The number of allylic oxidation sites excluding steroid dienone is 2. The number of benzene rings is 3. The number of fused-ring (bicyclic) bond motifs is 5. The smallest absolute Gasteiger partial charge is 0.388 e. The van der Waals surface area contributed by atoms with Crippen LogP contribution in [-0.4, -0.2) is 23.6 Å². The second-order valence-corrected chi connectivity index (χ2v) is 21.7. The quantitative estimate of drug-likeness (QED) is 0.100. The third-order valence-corrected chi connectivity index (χ3v) is 20.2. The minimum absolute atomic E-state index is 0.00795. The Kier molecular flexibility index (Phi) is 9.94. The molecule has 278 valence electrons. The highest BCUT2D eigenvalue weighted by atomic mass is 31.2. The highest BCUT2D eigenvalue weighted by molar-refractivity contribution is 7.97. The fraction of sp³-hybridized carbons (Fsp3) is 0.521. The number of hydrogen-bond acceptors (Lipinski definition) is 3. The van der Waals surface area contributed by atoms with Crippen molar-refractivity contribution in [1.82, 2.24) is 0 Å². The predicted molar refractivity (Wildman–Crippen MR) is 219 cm³/mol. The lowest BCUT2D eigenvalue weighted by Gasteiger charge is -2.67. The molecule has 4 aliphatic carbocycles. The van der Waals surface area contributed by atoms with Crippen molar-refractivity contribution in [1.29, 1.82) is 0 Å². The third kappa shape index (κ3) is 5.79. The molecule has 4 saturated carbocycles. The first-order valence-electron chi connectivity index (χ1n) is 20.1. The van der Waals surface area contributed by atoms with E-state index in [1.54, 1.807) is 6.92 Å². The first-order valence-corrected chi connectivity index (χ1v) is 21.9. The Hall–Kier alpha value is -3.54. The summed E-state index contributed by atoms with van der Waals surface area (Å²) in [7, 11) is -2.68. The molecule has 3 aromatic carbocycles. The topological polar surface area (TPSA) is 47.7 Å². The Balaban J connectivity index is 1.22. The summed E-state index contributed by atoms with van der Waals surface area (Å²) in [5.74, 6) is 0.885. The van der Waals surface area contributed by atoms with Crippen molar-refractivity contribution in [2.24, 2.45) is 39.4 Å². The fourth-order valence-electron chi connectivity index (χ4n) is 13.1. The Morgan fingerprint density at radius 3 is 1.81 bits per heavy atom. The summed E-state index contributed by atoms with van der Waals surface area (Å²) in [5.41, 5.74) is 3.07. The predicted octanol–water partition coefficient (Wildman–Crippen LogP) is 10.5. The van der Waals surface area contributed by atoms with E-state index in [2.05, 4.69) is 82.8 Å². The lowest BCUT2D eigenvalue weighted by atomic mass is 9.38. The summed E-state index contributed by atoms with van der Waals surface area (Å²) in [5, 5.41) is 3.22. The summed E-state index contributed by atoms with van der Waals surface area (Å²) in [6.07, 6.45) is 9.33. The highest BCUT2D eigenvalue weighted by Crippen LogP contribution is 2.74. The van der Waals surface area contributed by atoms with E-state index in [1.165, 1.54) is 30.4 Å². The second-order valence-electron chi connectivity index (χ2n) is 18.2. The van der Waals surface area contributed by atoms with Crippen molar-refractivity contribution in [3.63, 3.8) is 0 Å². The third-order valence-electron chi connectivity index (χ3n) is 15.7. The molecular weight excluding hydrogens is 670 g/mol. The minimum Gasteiger partial charge on any atom is -0.462 e. The van der Waals surface area contributed by atoms with Crippen LogP contribution >= 0.6 is 7.26 Å². The van der Waals surface area contributed by atoms with Crippen LogP contribution in [0.25, 0.3) is 4.85 Å². The first-order chi connectivity index (χ1) is 25.2. The van der Waals surface area contributed by atoms with Gasteiger partial charge in [0.25, 0.3) is 5.78 Å². The van der Waals surface area contributed by atoms with Crippen LogP contribution in [0, 0.1) is 46.0 Å². The maximum absolute atomic E-state index is 15.0. The molecule has 7 rings (SSSR count). The Labute approximate surface area is 319 Å². The molecule has 4 aliphatic rings. The number of hydrogen-bond donors (Lipinski definition) is 0. The largest absolute Gasteiger partial charge is 0.462 e. The average Bonchev–Trinajstić information content (AvgIpc) is 3.43. The van der Waals surface area contributed by atoms with Crippen LogP contribution in [0.3, 0.4) is 0 Å². The van der Waals surface area contributed by atoms with Gasteiger partial charge in [-0.05, 0) is 129 Å². The maximum atomic E-state index is 15.0. The molecule has 4 fully saturated rings. The summed E-state index contributed by atoms with van der Waals surface area (Å²) >= 11 is 0. The molecule has 0 heterocycles. The van der Waals surface area contributed by atoms with Crippen molar-refractivity contribution < 1.29 is 14.3 Å². The fourth-order valence-corrected chi connectivity index (χ4v) is 17.4. The molecule has 0 spiro atoms. The van der Waals surface area contributed by atoms with Crippen LogP contribution in [0.4, 0.5) is 0 Å². The van der Waals surface area contributed by atoms with E-state index >= 15 is 0 Å². The SMILES string of the molecule is [C-]#[N+]C(C(=O)CC(C)=C1CC[C@@]2(C)C3CCC4C(C)(C)[C@@H](OC(C)=O)CC[C@]4(C)C3CC[C@]12C)[P+](c1ccccc1)(c1ccccc1)c1ccccc1. The molecule has 0 saturated heterocycles. The molecule has 4 nitrogen and oxygen atoms in total. The zero-order valence-corrected chi connectivity index (χ0v) is 33.9. The van der Waals surface area contributed by atoms with E-state index in [0.29, 0.717) is 24.2 Å². The van der Waals surface area contributed by atoms with Crippen LogP contribution in [0.2, 0.25) is 0 Å². The molecule has 5 heteroatoms. The van der Waals surface area contributed by atoms with Gasteiger partial charge in [-0.15, -0.1) is 0 Å². The molecule has 0 aliphatic heterocycles. The number of ketones is 1. The van der Waals surface area contributed by atoms with Crippen LogP contribution < -0.4 is 15.9 Å². The standard InChI is InChI=1S/C48H59NO3P/c1-33(32-41(51)44(49-8)53(35-18-12-9-13-19-35,36-20-14-10-15-21-36)37-22-16-11-17-23-37)38-26-30-48(7)40-24-25-42-45(3,4)43(52-34(2)50)28-29-46(42,5)39(40)27-31-47(38,48)6/h9-23,39-40,42-44H,24-32H2,1-7H3/q+1/t39?,40?,42?,43-,44?,46+,47+,48-/m0/s1. The van der Waals surface area contributed by atoms with Crippen LogP contribution in [-0.2, 0) is 14.3 Å². The zero-order chi connectivity index (χ0) is 37.8. The summed E-state index contributed by atoms with van der Waals surface area (Å²) in [6, 6.07) is 31.1. The molecule has 0 N–H and O–H groups in total. The van der Waals surface area contributed by atoms with Gasteiger partial charge in [0, 0.05) is 18.8 Å². The second kappa shape index (κ2) is 13.9. The van der Waals surface area contributed by atoms with E-state index < -0.39 is 13.0 Å². The van der Waals surface area contributed by atoms with Crippen LogP contribution in [0.5, 0.6) is 0 Å². The molecule has 8 atom stereocenters. The van der Waals surface area contributed by atoms with Gasteiger partial charge in [-0.2, -0.15) is 0 Å². The number of carbonyl (C=O) groups excluding carboxylic acids is 2. The van der Waals surface area contributed by atoms with Gasteiger partial charge < -0.3 is 4.74 Å². The van der Waals surface area contributed by atoms with Crippen LogP contribution in [0.15, 0.2) is 102 Å². The summed E-state index contributed by atoms with van der Waals surface area (Å²) in [4.78, 5) is 31.4. The van der Waals surface area contributed by atoms with Gasteiger partial charge in [-0.3, -0.25) is 14.4 Å². The molecule has 3 aromatic rings.